The van der Waals surface area contributed by atoms with Gasteiger partial charge in [-0.3, -0.25) is 4.79 Å². The summed E-state index contributed by atoms with van der Waals surface area (Å²) in [7, 11) is 0. The summed E-state index contributed by atoms with van der Waals surface area (Å²) in [5.74, 6) is -1.73. The zero-order valence-electron chi connectivity index (χ0n) is 8.36. The molecule has 0 aromatic heterocycles. The number of carbonyl (C=O) groups excluding carboxylic acids is 1. The lowest BCUT2D eigenvalue weighted by Gasteiger charge is -2.15. The molecule has 2 N–H and O–H groups in total. The van der Waals surface area contributed by atoms with Crippen molar-refractivity contribution in [2.45, 2.75) is 25.4 Å². The van der Waals surface area contributed by atoms with Gasteiger partial charge in [0.05, 0.1) is 0 Å². The molecular weight excluding hydrogens is 209 g/mol. The normalized spacial score (nSPS) is 23.3. The average Bonchev–Trinajstić information content (AvgIpc) is 2.40. The molecule has 1 fully saturated rings. The van der Waals surface area contributed by atoms with Gasteiger partial charge in [0.25, 0.3) is 0 Å². The second-order valence-corrected chi connectivity index (χ2v) is 3.77. The quantitative estimate of drug-likeness (QED) is 0.736. The maximum atomic E-state index is 11.9. The minimum Gasteiger partial charge on any atom is -0.348 e. The van der Waals surface area contributed by atoms with E-state index in [4.69, 9.17) is 0 Å². The van der Waals surface area contributed by atoms with Crippen LogP contribution in [0.15, 0.2) is 0 Å². The number of alkyl halides is 3. The fourth-order valence-electron chi connectivity index (χ4n) is 1.60. The van der Waals surface area contributed by atoms with Gasteiger partial charge in [-0.2, -0.15) is 13.2 Å². The van der Waals surface area contributed by atoms with Crippen molar-refractivity contribution in [1.29, 1.82) is 0 Å². The number of carbonyl (C=O) groups is 1. The largest absolute Gasteiger partial charge is 0.471 e. The van der Waals surface area contributed by atoms with Crippen LogP contribution in [0.3, 0.4) is 0 Å². The molecule has 88 valence electrons. The Morgan fingerprint density at radius 1 is 1.40 bits per heavy atom. The van der Waals surface area contributed by atoms with E-state index in [0.29, 0.717) is 6.54 Å². The van der Waals surface area contributed by atoms with E-state index < -0.39 is 12.1 Å². The van der Waals surface area contributed by atoms with Gasteiger partial charge in [-0.1, -0.05) is 6.42 Å². The van der Waals surface area contributed by atoms with Gasteiger partial charge < -0.3 is 10.6 Å². The van der Waals surface area contributed by atoms with Crippen molar-refractivity contribution in [1.82, 2.24) is 10.6 Å². The predicted octanol–water partition coefficient (Wildman–Crippen LogP) is 1.05. The molecule has 1 atom stereocenters. The van der Waals surface area contributed by atoms with Gasteiger partial charge in [-0.05, 0) is 31.8 Å². The predicted molar refractivity (Wildman–Crippen MR) is 49.3 cm³/mol. The Kier molecular flexibility index (Phi) is 4.38. The second-order valence-electron chi connectivity index (χ2n) is 3.77. The van der Waals surface area contributed by atoms with E-state index in [1.165, 1.54) is 0 Å². The van der Waals surface area contributed by atoms with E-state index in [9.17, 15) is 18.0 Å². The highest BCUT2D eigenvalue weighted by atomic mass is 19.4. The maximum absolute atomic E-state index is 11.9. The van der Waals surface area contributed by atoms with Crippen molar-refractivity contribution in [3.63, 3.8) is 0 Å². The van der Waals surface area contributed by atoms with Gasteiger partial charge in [0.1, 0.15) is 0 Å². The third-order valence-corrected chi connectivity index (χ3v) is 2.46. The van der Waals surface area contributed by atoms with E-state index in [0.717, 1.165) is 25.8 Å². The van der Waals surface area contributed by atoms with Gasteiger partial charge in [-0.25, -0.2) is 0 Å². The first kappa shape index (κ1) is 12.3. The zero-order valence-corrected chi connectivity index (χ0v) is 8.36. The molecule has 0 aliphatic carbocycles. The van der Waals surface area contributed by atoms with Gasteiger partial charge in [0, 0.05) is 6.54 Å². The van der Waals surface area contributed by atoms with Crippen LogP contribution in [-0.2, 0) is 4.79 Å². The van der Waals surface area contributed by atoms with E-state index in [2.05, 4.69) is 5.32 Å². The van der Waals surface area contributed by atoms with Crippen LogP contribution in [-0.4, -0.2) is 31.7 Å². The topological polar surface area (TPSA) is 41.1 Å². The van der Waals surface area contributed by atoms with Crippen LogP contribution in [0, 0.1) is 5.92 Å². The molecule has 0 saturated carbocycles. The van der Waals surface area contributed by atoms with Crippen LogP contribution in [0.2, 0.25) is 0 Å². The average molecular weight is 224 g/mol. The Morgan fingerprint density at radius 2 is 2.13 bits per heavy atom. The van der Waals surface area contributed by atoms with Crippen LogP contribution >= 0.6 is 0 Å². The van der Waals surface area contributed by atoms with Crippen molar-refractivity contribution in [3.8, 4) is 0 Å². The monoisotopic (exact) mass is 224 g/mol. The lowest BCUT2D eigenvalue weighted by molar-refractivity contribution is -0.173. The lowest BCUT2D eigenvalue weighted by atomic mass is 10.0. The fraction of sp³-hybridized carbons (Fsp3) is 0.889. The van der Waals surface area contributed by atoms with E-state index in [1.807, 2.05) is 5.32 Å². The van der Waals surface area contributed by atoms with Crippen LogP contribution < -0.4 is 10.6 Å². The summed E-state index contributed by atoms with van der Waals surface area (Å²) in [5.41, 5.74) is 0. The molecule has 0 aromatic carbocycles. The molecule has 1 heterocycles. The molecule has 1 aliphatic rings. The highest BCUT2D eigenvalue weighted by Gasteiger charge is 2.38. The molecule has 1 rings (SSSR count). The summed E-state index contributed by atoms with van der Waals surface area (Å²) in [6, 6.07) is 0. The van der Waals surface area contributed by atoms with Crippen molar-refractivity contribution in [3.05, 3.63) is 0 Å². The molecule has 0 spiro atoms. The van der Waals surface area contributed by atoms with Crippen LogP contribution in [0.1, 0.15) is 19.3 Å². The van der Waals surface area contributed by atoms with Crippen molar-refractivity contribution in [2.24, 2.45) is 5.92 Å². The Hall–Kier alpha value is -0.780. The fourth-order valence-corrected chi connectivity index (χ4v) is 1.60. The Labute approximate surface area is 86.4 Å². The van der Waals surface area contributed by atoms with Crippen LogP contribution in [0.5, 0.6) is 0 Å². The summed E-state index contributed by atoms with van der Waals surface area (Å²) in [4.78, 5) is 10.5. The molecule has 6 heteroatoms. The number of amides is 1. The highest BCUT2D eigenvalue weighted by Crippen LogP contribution is 2.15. The third kappa shape index (κ3) is 4.51. The molecule has 3 nitrogen and oxygen atoms in total. The summed E-state index contributed by atoms with van der Waals surface area (Å²) in [6.07, 6.45) is -1.85. The van der Waals surface area contributed by atoms with Gasteiger partial charge in [-0.15, -0.1) is 0 Å². The van der Waals surface area contributed by atoms with Crippen molar-refractivity contribution in [2.75, 3.05) is 19.6 Å². The molecule has 0 radical (unpaired) electrons. The molecular formula is C9H15F3N2O. The summed E-state index contributed by atoms with van der Waals surface area (Å²) >= 11 is 0. The third-order valence-electron chi connectivity index (χ3n) is 2.46. The number of rotatable bonds is 2. The lowest BCUT2D eigenvalue weighted by Crippen LogP contribution is -2.40. The summed E-state index contributed by atoms with van der Waals surface area (Å²) in [6.45, 7) is 1.69. The first-order valence-corrected chi connectivity index (χ1v) is 5.06. The van der Waals surface area contributed by atoms with Crippen molar-refractivity contribution >= 4 is 5.91 Å². The maximum Gasteiger partial charge on any atom is 0.471 e. The van der Waals surface area contributed by atoms with Gasteiger partial charge >= 0.3 is 12.1 Å². The number of hydrogen-bond acceptors (Lipinski definition) is 2. The Balaban J connectivity index is 2.26. The van der Waals surface area contributed by atoms with E-state index >= 15 is 0 Å². The summed E-state index contributed by atoms with van der Waals surface area (Å²) in [5, 5.41) is 5.04. The first-order valence-electron chi connectivity index (χ1n) is 5.06. The molecule has 1 aliphatic heterocycles. The zero-order chi connectivity index (χ0) is 11.3. The standard InChI is InChI=1S/C9H15F3N2O/c10-9(11,12)8(15)14-6-7-3-1-2-4-13-5-7/h7,13H,1-6H2,(H,14,15). The Bertz CT molecular complexity index is 210. The highest BCUT2D eigenvalue weighted by molar-refractivity contribution is 5.81. The van der Waals surface area contributed by atoms with Crippen LogP contribution in [0.4, 0.5) is 13.2 Å². The minimum absolute atomic E-state index is 0.103. The molecule has 15 heavy (non-hydrogen) atoms. The smallest absolute Gasteiger partial charge is 0.348 e. The first-order chi connectivity index (χ1) is 7.00. The summed E-state index contributed by atoms with van der Waals surface area (Å²) < 4.78 is 35.6. The molecule has 1 unspecified atom stereocenters. The SMILES string of the molecule is O=C(NCC1CCCCNC1)C(F)(F)F. The minimum atomic E-state index is -4.77. The number of hydrogen-bond donors (Lipinski definition) is 2. The Morgan fingerprint density at radius 3 is 2.80 bits per heavy atom. The molecule has 1 amide bonds. The molecule has 0 aromatic rings. The number of halogens is 3. The van der Waals surface area contributed by atoms with Gasteiger partial charge in [0.2, 0.25) is 0 Å². The second kappa shape index (κ2) is 5.34. The van der Waals surface area contributed by atoms with E-state index in [1.54, 1.807) is 0 Å². The molecule has 1 saturated heterocycles. The van der Waals surface area contributed by atoms with Crippen LogP contribution in [0.25, 0.3) is 0 Å². The molecule has 0 bridgehead atoms. The van der Waals surface area contributed by atoms with Crippen molar-refractivity contribution < 1.29 is 18.0 Å². The number of nitrogens with one attached hydrogen (secondary N) is 2. The van der Waals surface area contributed by atoms with Gasteiger partial charge in [0.15, 0.2) is 0 Å². The van der Waals surface area contributed by atoms with E-state index in [-0.39, 0.29) is 12.5 Å².